The Morgan fingerprint density at radius 1 is 1.07 bits per heavy atom. The van der Waals surface area contributed by atoms with Gasteiger partial charge in [-0.3, -0.25) is 9.97 Å². The number of aromatic amines is 1. The average molecular weight is 389 g/mol. The summed E-state index contributed by atoms with van der Waals surface area (Å²) in [5.41, 5.74) is 3.86. The van der Waals surface area contributed by atoms with Gasteiger partial charge in [-0.1, -0.05) is 6.07 Å². The second-order valence-corrected chi connectivity index (χ2v) is 7.15. The third-order valence-corrected chi connectivity index (χ3v) is 5.19. The number of hydrogen-bond acceptors (Lipinski definition) is 5. The van der Waals surface area contributed by atoms with Crippen LogP contribution in [0, 0.1) is 5.82 Å². The quantitative estimate of drug-likeness (QED) is 0.553. The minimum absolute atomic E-state index is 0.109. The number of halogens is 1. The van der Waals surface area contributed by atoms with Gasteiger partial charge in [0.25, 0.3) is 0 Å². The highest BCUT2D eigenvalue weighted by Gasteiger charge is 2.16. The molecule has 1 fully saturated rings. The maximum Gasteiger partial charge on any atom is 0.233 e. The summed E-state index contributed by atoms with van der Waals surface area (Å²) in [5.74, 6) is 0.169. The molecule has 2 N–H and O–H groups in total. The molecule has 1 atom stereocenters. The van der Waals surface area contributed by atoms with Gasteiger partial charge >= 0.3 is 0 Å². The molecule has 0 radical (unpaired) electrons. The number of ether oxygens (including phenoxy) is 1. The molecule has 1 aliphatic heterocycles. The van der Waals surface area contributed by atoms with Crippen LogP contribution in [-0.4, -0.2) is 39.1 Å². The van der Waals surface area contributed by atoms with Gasteiger partial charge in [0.1, 0.15) is 11.9 Å². The van der Waals surface area contributed by atoms with E-state index in [1.165, 1.54) is 6.20 Å². The molecule has 4 aromatic rings. The molecule has 0 aliphatic carbocycles. The zero-order chi connectivity index (χ0) is 19.6. The summed E-state index contributed by atoms with van der Waals surface area (Å²) in [6.45, 7) is 1.85. The fourth-order valence-electron chi connectivity index (χ4n) is 3.74. The molecule has 0 saturated carbocycles. The van der Waals surface area contributed by atoms with E-state index in [4.69, 9.17) is 4.74 Å². The Morgan fingerprint density at radius 2 is 2.03 bits per heavy atom. The van der Waals surface area contributed by atoms with Gasteiger partial charge < -0.3 is 15.0 Å². The van der Waals surface area contributed by atoms with Crippen molar-refractivity contribution in [3.05, 3.63) is 61.1 Å². The van der Waals surface area contributed by atoms with Crippen LogP contribution >= 0.6 is 0 Å². The number of hydrogen-bond donors (Lipinski definition) is 2. The van der Waals surface area contributed by atoms with E-state index < -0.39 is 0 Å². The lowest BCUT2D eigenvalue weighted by molar-refractivity contribution is 0.160. The Labute approximate surface area is 167 Å². The number of pyridine rings is 1. The highest BCUT2D eigenvalue weighted by atomic mass is 19.1. The van der Waals surface area contributed by atoms with Gasteiger partial charge in [0.05, 0.1) is 24.3 Å². The predicted octanol–water partition coefficient (Wildman–Crippen LogP) is 3.96. The van der Waals surface area contributed by atoms with Crippen LogP contribution in [0.15, 0.2) is 55.2 Å². The van der Waals surface area contributed by atoms with Crippen LogP contribution in [0.3, 0.4) is 0 Å². The number of H-pyrrole nitrogens is 1. The minimum Gasteiger partial charge on any atom is -0.472 e. The summed E-state index contributed by atoms with van der Waals surface area (Å²) < 4.78 is 20.2. The number of fused-ring (bicyclic) bond motifs is 1. The lowest BCUT2D eigenvalue weighted by atomic mass is 10.0. The van der Waals surface area contributed by atoms with Crippen molar-refractivity contribution in [3.63, 3.8) is 0 Å². The average Bonchev–Trinajstić information content (AvgIpc) is 3.18. The van der Waals surface area contributed by atoms with Crippen molar-refractivity contribution in [2.45, 2.75) is 18.9 Å². The highest BCUT2D eigenvalue weighted by Crippen LogP contribution is 2.32. The molecule has 3 aromatic heterocycles. The fourth-order valence-corrected chi connectivity index (χ4v) is 3.74. The maximum atomic E-state index is 14.2. The smallest absolute Gasteiger partial charge is 0.233 e. The molecule has 4 heterocycles. The molecule has 0 spiro atoms. The van der Waals surface area contributed by atoms with Crippen LogP contribution in [-0.2, 0) is 0 Å². The Hall–Kier alpha value is -3.32. The molecule has 1 saturated heterocycles. The molecule has 146 valence electrons. The first-order chi connectivity index (χ1) is 14.3. The molecule has 1 aliphatic rings. The van der Waals surface area contributed by atoms with Crippen molar-refractivity contribution >= 4 is 10.9 Å². The van der Waals surface area contributed by atoms with Gasteiger partial charge in [0.15, 0.2) is 0 Å². The lowest BCUT2D eigenvalue weighted by Gasteiger charge is -2.23. The van der Waals surface area contributed by atoms with Crippen LogP contribution < -0.4 is 10.1 Å². The van der Waals surface area contributed by atoms with E-state index >= 15 is 0 Å². The van der Waals surface area contributed by atoms with Crippen molar-refractivity contribution < 1.29 is 9.13 Å². The first-order valence-electron chi connectivity index (χ1n) is 9.69. The summed E-state index contributed by atoms with van der Waals surface area (Å²) >= 11 is 0. The van der Waals surface area contributed by atoms with E-state index in [1.807, 2.05) is 24.4 Å². The Bertz CT molecular complexity index is 1150. The number of nitrogens with zero attached hydrogens (tertiary/aromatic N) is 3. The van der Waals surface area contributed by atoms with E-state index in [9.17, 15) is 4.39 Å². The SMILES string of the molecule is Fc1cnccc1-c1ccc2[nH]cc(-c3cncc(OC4CCCNC4)n3)c2c1. The Kier molecular flexibility index (Phi) is 4.65. The molecule has 6 nitrogen and oxygen atoms in total. The first kappa shape index (κ1) is 17.8. The van der Waals surface area contributed by atoms with Crippen LogP contribution in [0.5, 0.6) is 5.88 Å². The van der Waals surface area contributed by atoms with Gasteiger partial charge in [0.2, 0.25) is 5.88 Å². The molecular weight excluding hydrogens is 369 g/mol. The van der Waals surface area contributed by atoms with E-state index in [-0.39, 0.29) is 11.9 Å². The largest absolute Gasteiger partial charge is 0.472 e. The third-order valence-electron chi connectivity index (χ3n) is 5.19. The van der Waals surface area contributed by atoms with Crippen LogP contribution in [0.4, 0.5) is 4.39 Å². The predicted molar refractivity (Wildman–Crippen MR) is 109 cm³/mol. The summed E-state index contributed by atoms with van der Waals surface area (Å²) in [5, 5.41) is 4.28. The van der Waals surface area contributed by atoms with Crippen molar-refractivity contribution in [2.24, 2.45) is 0 Å². The van der Waals surface area contributed by atoms with Gasteiger partial charge in [0, 0.05) is 41.0 Å². The van der Waals surface area contributed by atoms with E-state index in [2.05, 4.69) is 25.3 Å². The second kappa shape index (κ2) is 7.60. The molecule has 29 heavy (non-hydrogen) atoms. The third kappa shape index (κ3) is 3.56. The zero-order valence-corrected chi connectivity index (χ0v) is 15.7. The van der Waals surface area contributed by atoms with E-state index in [0.29, 0.717) is 17.1 Å². The monoisotopic (exact) mass is 389 g/mol. The first-order valence-corrected chi connectivity index (χ1v) is 9.69. The fraction of sp³-hybridized carbons (Fsp3) is 0.227. The zero-order valence-electron chi connectivity index (χ0n) is 15.7. The summed E-state index contributed by atoms with van der Waals surface area (Å²) in [4.78, 5) is 16.1. The maximum absolute atomic E-state index is 14.2. The van der Waals surface area contributed by atoms with Crippen LogP contribution in [0.1, 0.15) is 12.8 Å². The molecular formula is C22H20FN5O. The van der Waals surface area contributed by atoms with E-state index in [0.717, 1.165) is 48.0 Å². The van der Waals surface area contributed by atoms with Crippen molar-refractivity contribution in [1.29, 1.82) is 0 Å². The van der Waals surface area contributed by atoms with Crippen molar-refractivity contribution in [1.82, 2.24) is 25.3 Å². The topological polar surface area (TPSA) is 75.7 Å². The molecule has 0 amide bonds. The normalized spacial score (nSPS) is 16.8. The van der Waals surface area contributed by atoms with Gasteiger partial charge in [-0.15, -0.1) is 0 Å². The molecule has 7 heteroatoms. The molecule has 1 unspecified atom stereocenters. The van der Waals surface area contributed by atoms with Crippen molar-refractivity contribution in [3.8, 4) is 28.3 Å². The van der Waals surface area contributed by atoms with Gasteiger partial charge in [-0.25, -0.2) is 9.37 Å². The number of nitrogens with one attached hydrogen (secondary N) is 2. The van der Waals surface area contributed by atoms with Gasteiger partial charge in [-0.2, -0.15) is 0 Å². The Morgan fingerprint density at radius 3 is 2.90 bits per heavy atom. The molecule has 1 aromatic carbocycles. The van der Waals surface area contributed by atoms with Crippen LogP contribution in [0.25, 0.3) is 33.3 Å². The minimum atomic E-state index is -0.347. The van der Waals surface area contributed by atoms with E-state index in [1.54, 1.807) is 24.7 Å². The summed E-state index contributed by atoms with van der Waals surface area (Å²) in [6, 6.07) is 7.47. The molecule has 5 rings (SSSR count). The summed E-state index contributed by atoms with van der Waals surface area (Å²) in [6.07, 6.45) is 10.3. The van der Waals surface area contributed by atoms with Crippen LogP contribution in [0.2, 0.25) is 0 Å². The lowest BCUT2D eigenvalue weighted by Crippen LogP contribution is -2.37. The van der Waals surface area contributed by atoms with Crippen molar-refractivity contribution in [2.75, 3.05) is 13.1 Å². The standard InChI is InChI=1S/C22H20FN5O/c23-19-11-25-7-5-16(19)14-3-4-20-17(8-14)18(10-27-20)21-12-26-13-22(28-21)29-15-2-1-6-24-9-15/h3-5,7-8,10-13,15,24,27H,1-2,6,9H2. The van der Waals surface area contributed by atoms with Gasteiger partial charge in [-0.05, 0) is 43.1 Å². The summed E-state index contributed by atoms with van der Waals surface area (Å²) in [7, 11) is 0. The highest BCUT2D eigenvalue weighted by molar-refractivity contribution is 5.97. The second-order valence-electron chi connectivity index (χ2n) is 7.15. The number of rotatable bonds is 4. The molecule has 0 bridgehead atoms. The number of aromatic nitrogens is 4. The number of benzene rings is 1. The number of piperidine rings is 1. The Balaban J connectivity index is 1.51.